The number of hydrogen-bond donors (Lipinski definition) is 1. The summed E-state index contributed by atoms with van der Waals surface area (Å²) in [5.41, 5.74) is 2.76. The number of nitrogens with one attached hydrogen (secondary N) is 1. The molecule has 0 radical (unpaired) electrons. The molecule has 0 bridgehead atoms. The summed E-state index contributed by atoms with van der Waals surface area (Å²) in [6, 6.07) is 15.6. The van der Waals surface area contributed by atoms with Crippen LogP contribution in [0, 0.1) is 11.3 Å². The minimum absolute atomic E-state index is 0.178. The highest BCUT2D eigenvalue weighted by atomic mass is 16.5. The maximum atomic E-state index is 8.84. The molecular weight excluding hydrogens is 264 g/mol. The van der Waals surface area contributed by atoms with Crippen LogP contribution in [0.25, 0.3) is 0 Å². The lowest BCUT2D eigenvalue weighted by atomic mass is 9.99. The Hall–Kier alpha value is -2.67. The van der Waals surface area contributed by atoms with E-state index in [9.17, 15) is 0 Å². The third-order valence-electron chi connectivity index (χ3n) is 3.61. The number of methoxy groups -OCH3 is 1. The predicted molar refractivity (Wildman–Crippen MR) is 80.6 cm³/mol. The monoisotopic (exact) mass is 280 g/mol. The number of anilines is 1. The molecule has 0 saturated heterocycles. The van der Waals surface area contributed by atoms with Gasteiger partial charge in [0, 0.05) is 17.7 Å². The first kappa shape index (κ1) is 13.3. The topological polar surface area (TPSA) is 54.3 Å². The van der Waals surface area contributed by atoms with Gasteiger partial charge in [-0.2, -0.15) is 5.26 Å². The van der Waals surface area contributed by atoms with E-state index in [1.54, 1.807) is 7.11 Å². The van der Waals surface area contributed by atoms with E-state index >= 15 is 0 Å². The van der Waals surface area contributed by atoms with Crippen LogP contribution >= 0.6 is 0 Å². The van der Waals surface area contributed by atoms with Gasteiger partial charge >= 0.3 is 0 Å². The van der Waals surface area contributed by atoms with Gasteiger partial charge in [-0.15, -0.1) is 0 Å². The van der Waals surface area contributed by atoms with Crippen molar-refractivity contribution >= 4 is 5.69 Å². The van der Waals surface area contributed by atoms with Crippen molar-refractivity contribution in [3.05, 3.63) is 53.6 Å². The molecule has 1 aliphatic heterocycles. The number of ether oxygens (including phenoxy) is 2. The van der Waals surface area contributed by atoms with Gasteiger partial charge in [-0.25, -0.2) is 0 Å². The van der Waals surface area contributed by atoms with Crippen molar-refractivity contribution in [1.82, 2.24) is 0 Å². The molecule has 0 aliphatic carbocycles. The molecule has 1 N–H and O–H groups in total. The lowest BCUT2D eigenvalue weighted by Crippen LogP contribution is -2.20. The summed E-state index contributed by atoms with van der Waals surface area (Å²) >= 11 is 0. The highest BCUT2D eigenvalue weighted by Gasteiger charge is 2.22. The molecule has 106 valence electrons. The minimum Gasteiger partial charge on any atom is -0.497 e. The Kier molecular flexibility index (Phi) is 3.65. The van der Waals surface area contributed by atoms with Crippen molar-refractivity contribution in [2.75, 3.05) is 19.0 Å². The van der Waals surface area contributed by atoms with Crippen LogP contribution in [0.4, 0.5) is 5.69 Å². The van der Waals surface area contributed by atoms with Crippen LogP contribution in [0.2, 0.25) is 0 Å². The maximum absolute atomic E-state index is 8.84. The van der Waals surface area contributed by atoms with Gasteiger partial charge < -0.3 is 14.8 Å². The molecule has 3 rings (SSSR count). The van der Waals surface area contributed by atoms with Crippen molar-refractivity contribution in [1.29, 1.82) is 5.26 Å². The van der Waals surface area contributed by atoms with Crippen molar-refractivity contribution in [2.45, 2.75) is 12.5 Å². The van der Waals surface area contributed by atoms with Crippen LogP contribution in [0.15, 0.2) is 42.5 Å². The molecule has 4 nitrogen and oxygen atoms in total. The molecule has 1 atom stereocenters. The van der Waals surface area contributed by atoms with E-state index < -0.39 is 0 Å². The molecule has 2 aromatic carbocycles. The van der Waals surface area contributed by atoms with Gasteiger partial charge in [0.1, 0.15) is 11.5 Å². The molecule has 0 spiro atoms. The molecule has 1 aliphatic rings. The summed E-state index contributed by atoms with van der Waals surface area (Å²) in [7, 11) is 1.66. The standard InChI is InChI=1S/C17H16N2O2/c1-20-14-6-7-17-15(10-14)16(8-9-21-17)19-13-4-2-12(11-18)3-5-13/h2-7,10,16,19H,8-9H2,1H3. The second-order valence-corrected chi connectivity index (χ2v) is 4.93. The first-order valence-electron chi connectivity index (χ1n) is 6.87. The molecule has 2 aromatic rings. The molecule has 0 amide bonds. The number of rotatable bonds is 3. The van der Waals surface area contributed by atoms with Crippen LogP contribution in [-0.4, -0.2) is 13.7 Å². The van der Waals surface area contributed by atoms with E-state index in [2.05, 4.69) is 11.4 Å². The second kappa shape index (κ2) is 5.76. The molecule has 1 heterocycles. The lowest BCUT2D eigenvalue weighted by molar-refractivity contribution is 0.273. The summed E-state index contributed by atoms with van der Waals surface area (Å²) in [5, 5.41) is 12.3. The molecule has 0 saturated carbocycles. The van der Waals surface area contributed by atoms with E-state index in [1.165, 1.54) is 0 Å². The summed E-state index contributed by atoms with van der Waals surface area (Å²) in [4.78, 5) is 0. The Morgan fingerprint density at radius 3 is 2.76 bits per heavy atom. The highest BCUT2D eigenvalue weighted by molar-refractivity contribution is 5.52. The van der Waals surface area contributed by atoms with Gasteiger partial charge in [-0.3, -0.25) is 0 Å². The molecule has 4 heteroatoms. The van der Waals surface area contributed by atoms with Gasteiger partial charge in [0.05, 0.1) is 31.4 Å². The number of fused-ring (bicyclic) bond motifs is 1. The SMILES string of the molecule is COc1ccc2c(c1)C(Nc1ccc(C#N)cc1)CCO2. The van der Waals surface area contributed by atoms with Crippen molar-refractivity contribution in [2.24, 2.45) is 0 Å². The van der Waals surface area contributed by atoms with Gasteiger partial charge in [0.15, 0.2) is 0 Å². The summed E-state index contributed by atoms with van der Waals surface area (Å²) < 4.78 is 11.0. The van der Waals surface area contributed by atoms with E-state index in [-0.39, 0.29) is 6.04 Å². The Labute approximate surface area is 123 Å². The molecule has 1 unspecified atom stereocenters. The number of nitriles is 1. The third-order valence-corrected chi connectivity index (χ3v) is 3.61. The van der Waals surface area contributed by atoms with Gasteiger partial charge in [0.2, 0.25) is 0 Å². The van der Waals surface area contributed by atoms with Crippen LogP contribution in [0.5, 0.6) is 11.5 Å². The normalized spacial score (nSPS) is 16.3. The average Bonchev–Trinajstić information content (AvgIpc) is 2.55. The summed E-state index contributed by atoms with van der Waals surface area (Å²) in [6.07, 6.45) is 0.889. The fraction of sp³-hybridized carbons (Fsp3) is 0.235. The first-order chi connectivity index (χ1) is 10.3. The number of hydrogen-bond acceptors (Lipinski definition) is 4. The van der Waals surface area contributed by atoms with Gasteiger partial charge in [0.25, 0.3) is 0 Å². The predicted octanol–water partition coefficient (Wildman–Crippen LogP) is 3.50. The van der Waals surface area contributed by atoms with Crippen LogP contribution in [-0.2, 0) is 0 Å². The van der Waals surface area contributed by atoms with Crippen LogP contribution in [0.3, 0.4) is 0 Å². The molecule has 21 heavy (non-hydrogen) atoms. The Morgan fingerprint density at radius 1 is 1.24 bits per heavy atom. The van der Waals surface area contributed by atoms with Gasteiger partial charge in [-0.1, -0.05) is 0 Å². The first-order valence-corrected chi connectivity index (χ1v) is 6.87. The van der Waals surface area contributed by atoms with E-state index in [1.807, 2.05) is 42.5 Å². The fourth-order valence-electron chi connectivity index (χ4n) is 2.49. The van der Waals surface area contributed by atoms with Crippen molar-refractivity contribution in [3.8, 4) is 17.6 Å². The third kappa shape index (κ3) is 2.77. The Balaban J connectivity index is 1.85. The Morgan fingerprint density at radius 2 is 2.05 bits per heavy atom. The maximum Gasteiger partial charge on any atom is 0.124 e. The zero-order valence-corrected chi connectivity index (χ0v) is 11.8. The lowest BCUT2D eigenvalue weighted by Gasteiger charge is -2.28. The summed E-state index contributed by atoms with van der Waals surface area (Å²) in [6.45, 7) is 0.688. The highest BCUT2D eigenvalue weighted by Crippen LogP contribution is 2.36. The van der Waals surface area contributed by atoms with E-state index in [0.717, 1.165) is 29.2 Å². The second-order valence-electron chi connectivity index (χ2n) is 4.93. The fourth-order valence-corrected chi connectivity index (χ4v) is 2.49. The van der Waals surface area contributed by atoms with Crippen molar-refractivity contribution < 1.29 is 9.47 Å². The van der Waals surface area contributed by atoms with E-state index in [0.29, 0.717) is 12.2 Å². The molecule has 0 fully saturated rings. The number of benzene rings is 2. The van der Waals surface area contributed by atoms with Gasteiger partial charge in [-0.05, 0) is 42.5 Å². The van der Waals surface area contributed by atoms with Crippen LogP contribution in [0.1, 0.15) is 23.6 Å². The smallest absolute Gasteiger partial charge is 0.124 e. The van der Waals surface area contributed by atoms with E-state index in [4.69, 9.17) is 14.7 Å². The Bertz CT molecular complexity index is 674. The zero-order valence-electron chi connectivity index (χ0n) is 11.8. The number of nitrogens with zero attached hydrogens (tertiary/aromatic N) is 1. The molecule has 0 aromatic heterocycles. The molecular formula is C17H16N2O2. The average molecular weight is 280 g/mol. The van der Waals surface area contributed by atoms with Crippen molar-refractivity contribution in [3.63, 3.8) is 0 Å². The largest absolute Gasteiger partial charge is 0.497 e. The quantitative estimate of drug-likeness (QED) is 0.935. The van der Waals surface area contributed by atoms with Crippen LogP contribution < -0.4 is 14.8 Å². The zero-order chi connectivity index (χ0) is 14.7. The minimum atomic E-state index is 0.178. The summed E-state index contributed by atoms with van der Waals surface area (Å²) in [5.74, 6) is 1.72.